The van der Waals surface area contributed by atoms with Crippen molar-refractivity contribution in [3.05, 3.63) is 78.4 Å². The van der Waals surface area contributed by atoms with Crippen LogP contribution in [0.25, 0.3) is 11.1 Å². The van der Waals surface area contributed by atoms with Gasteiger partial charge in [-0.05, 0) is 81.1 Å². The van der Waals surface area contributed by atoms with E-state index in [-0.39, 0.29) is 17.7 Å². The Morgan fingerprint density at radius 2 is 1.72 bits per heavy atom. The quantitative estimate of drug-likeness (QED) is 0.387. The van der Waals surface area contributed by atoms with E-state index >= 15 is 0 Å². The van der Waals surface area contributed by atoms with Crippen LogP contribution in [0.5, 0.6) is 11.5 Å². The fourth-order valence-corrected chi connectivity index (χ4v) is 4.19. The third kappa shape index (κ3) is 6.36. The van der Waals surface area contributed by atoms with Gasteiger partial charge in [-0.3, -0.25) is 0 Å². The summed E-state index contributed by atoms with van der Waals surface area (Å²) in [5.74, 6) is 0.159. The van der Waals surface area contributed by atoms with E-state index in [1.165, 1.54) is 12.1 Å². The Bertz CT molecular complexity index is 1200. The number of nitrogens with zero attached hydrogens (tertiary/aromatic N) is 1. The number of benzene rings is 3. The maximum atomic E-state index is 12.7. The molecule has 0 saturated carbocycles. The van der Waals surface area contributed by atoms with Crippen LogP contribution in [-0.4, -0.2) is 46.8 Å². The molecule has 0 spiro atoms. The van der Waals surface area contributed by atoms with Gasteiger partial charge in [0.25, 0.3) is 0 Å². The monoisotopic (exact) mass is 488 g/mol. The largest absolute Gasteiger partial charge is 0.478 e. The average Bonchev–Trinajstić information content (AvgIpc) is 3.32. The van der Waals surface area contributed by atoms with Crippen LogP contribution in [0.15, 0.2) is 72.8 Å². The molecule has 3 aromatic rings. The molecule has 1 amide bonds. The molecule has 0 aliphatic carbocycles. The zero-order valence-electron chi connectivity index (χ0n) is 20.9. The van der Waals surface area contributed by atoms with Crippen LogP contribution in [-0.2, 0) is 4.74 Å². The van der Waals surface area contributed by atoms with Crippen molar-refractivity contribution in [1.29, 1.82) is 0 Å². The fraction of sp³-hybridized carbons (Fsp3) is 0.310. The number of aromatic carboxylic acids is 1. The molecule has 36 heavy (non-hydrogen) atoms. The molecule has 7 nitrogen and oxygen atoms in total. The lowest BCUT2D eigenvalue weighted by Gasteiger charge is -2.29. The van der Waals surface area contributed by atoms with Gasteiger partial charge < -0.3 is 24.8 Å². The van der Waals surface area contributed by atoms with Crippen molar-refractivity contribution in [2.24, 2.45) is 0 Å². The molecular weight excluding hydrogens is 456 g/mol. The molecule has 2 N–H and O–H groups in total. The van der Waals surface area contributed by atoms with E-state index < -0.39 is 11.6 Å². The Kier molecular flexibility index (Phi) is 7.48. The molecule has 4 rings (SSSR count). The smallest absolute Gasteiger partial charge is 0.410 e. The summed E-state index contributed by atoms with van der Waals surface area (Å²) in [6.45, 7) is 6.84. The number of rotatable bonds is 7. The minimum Gasteiger partial charge on any atom is -0.478 e. The SMILES string of the molecule is CC(C)(C)OC(=O)N1CCCC1CNc1ccc(-c2ccccc2)cc1Oc1ccc(C(=O)O)cc1. The summed E-state index contributed by atoms with van der Waals surface area (Å²) in [5.41, 5.74) is 2.49. The fourth-order valence-electron chi connectivity index (χ4n) is 4.19. The number of hydrogen-bond acceptors (Lipinski definition) is 5. The van der Waals surface area contributed by atoms with Gasteiger partial charge in [-0.2, -0.15) is 0 Å². The summed E-state index contributed by atoms with van der Waals surface area (Å²) in [7, 11) is 0. The molecule has 3 aromatic carbocycles. The van der Waals surface area contributed by atoms with Crippen molar-refractivity contribution in [2.45, 2.75) is 45.3 Å². The van der Waals surface area contributed by atoms with Gasteiger partial charge in [0.2, 0.25) is 0 Å². The lowest BCUT2D eigenvalue weighted by molar-refractivity contribution is 0.0235. The second-order valence-corrected chi connectivity index (χ2v) is 9.86. The number of carboxylic acids is 1. The van der Waals surface area contributed by atoms with Gasteiger partial charge in [-0.25, -0.2) is 9.59 Å². The zero-order chi connectivity index (χ0) is 25.7. The highest BCUT2D eigenvalue weighted by atomic mass is 16.6. The molecule has 1 aliphatic heterocycles. The first-order valence-corrected chi connectivity index (χ1v) is 12.1. The molecular formula is C29H32N2O5. The minimum atomic E-state index is -0.985. The first-order valence-electron chi connectivity index (χ1n) is 12.1. The molecule has 0 bridgehead atoms. The number of nitrogens with one attached hydrogen (secondary N) is 1. The Hall–Kier alpha value is -4.00. The molecule has 188 valence electrons. The molecule has 1 unspecified atom stereocenters. The van der Waals surface area contributed by atoms with Crippen molar-refractivity contribution in [2.75, 3.05) is 18.4 Å². The van der Waals surface area contributed by atoms with Gasteiger partial charge in [-0.15, -0.1) is 0 Å². The highest BCUT2D eigenvalue weighted by Gasteiger charge is 2.32. The topological polar surface area (TPSA) is 88.1 Å². The standard InChI is InChI=1S/C29H32N2O5/c1-29(2,3)36-28(34)31-17-7-10-23(31)19-30-25-16-13-22(20-8-5-4-6-9-20)18-26(25)35-24-14-11-21(12-15-24)27(32)33/h4-6,8-9,11-16,18,23,30H,7,10,17,19H2,1-3H3,(H,32,33). The van der Waals surface area contributed by atoms with Gasteiger partial charge in [-0.1, -0.05) is 36.4 Å². The van der Waals surface area contributed by atoms with Crippen molar-refractivity contribution in [3.63, 3.8) is 0 Å². The maximum absolute atomic E-state index is 12.7. The Morgan fingerprint density at radius 1 is 1.00 bits per heavy atom. The number of amides is 1. The number of hydrogen-bond donors (Lipinski definition) is 2. The van der Waals surface area contributed by atoms with Crippen LogP contribution in [0.2, 0.25) is 0 Å². The highest BCUT2D eigenvalue weighted by molar-refractivity contribution is 5.87. The van der Waals surface area contributed by atoms with E-state index in [1.807, 2.05) is 69.3 Å². The van der Waals surface area contributed by atoms with E-state index in [2.05, 4.69) is 5.32 Å². The Morgan fingerprint density at radius 3 is 2.39 bits per heavy atom. The van der Waals surface area contributed by atoms with E-state index in [4.69, 9.17) is 9.47 Å². The van der Waals surface area contributed by atoms with Crippen molar-refractivity contribution < 1.29 is 24.2 Å². The van der Waals surface area contributed by atoms with E-state index in [9.17, 15) is 14.7 Å². The third-order valence-corrected chi connectivity index (χ3v) is 5.95. The number of carboxylic acid groups (broad SMARTS) is 1. The van der Waals surface area contributed by atoms with Crippen LogP contribution in [0, 0.1) is 0 Å². The Balaban J connectivity index is 1.55. The third-order valence-electron chi connectivity index (χ3n) is 5.95. The molecule has 1 atom stereocenters. The second kappa shape index (κ2) is 10.7. The molecule has 1 fully saturated rings. The van der Waals surface area contributed by atoms with Crippen molar-refractivity contribution in [3.8, 4) is 22.6 Å². The molecule has 1 aliphatic rings. The number of carbonyl (C=O) groups excluding carboxylic acids is 1. The summed E-state index contributed by atoms with van der Waals surface area (Å²) >= 11 is 0. The number of ether oxygens (including phenoxy) is 2. The molecule has 1 saturated heterocycles. The lowest BCUT2D eigenvalue weighted by atomic mass is 10.0. The minimum absolute atomic E-state index is 0.0105. The van der Waals surface area contributed by atoms with Crippen LogP contribution in [0.3, 0.4) is 0 Å². The molecule has 0 aromatic heterocycles. The van der Waals surface area contributed by atoms with Gasteiger partial charge in [0.15, 0.2) is 5.75 Å². The first-order chi connectivity index (χ1) is 17.2. The van der Waals surface area contributed by atoms with Gasteiger partial charge >= 0.3 is 12.1 Å². The second-order valence-electron chi connectivity index (χ2n) is 9.86. The van der Waals surface area contributed by atoms with E-state index in [1.54, 1.807) is 17.0 Å². The van der Waals surface area contributed by atoms with Gasteiger partial charge in [0, 0.05) is 13.1 Å². The summed E-state index contributed by atoms with van der Waals surface area (Å²) in [4.78, 5) is 25.7. The van der Waals surface area contributed by atoms with Crippen molar-refractivity contribution >= 4 is 17.7 Å². The van der Waals surface area contributed by atoms with E-state index in [0.29, 0.717) is 24.6 Å². The number of likely N-dealkylation sites (tertiary alicyclic amines) is 1. The normalized spacial score (nSPS) is 15.4. The molecule has 1 heterocycles. The van der Waals surface area contributed by atoms with Crippen LogP contribution >= 0.6 is 0 Å². The van der Waals surface area contributed by atoms with Crippen LogP contribution in [0.4, 0.5) is 10.5 Å². The predicted octanol–water partition coefficient (Wildman–Crippen LogP) is 6.66. The summed E-state index contributed by atoms with van der Waals surface area (Å²) in [6, 6.07) is 22.3. The van der Waals surface area contributed by atoms with Crippen LogP contribution < -0.4 is 10.1 Å². The maximum Gasteiger partial charge on any atom is 0.410 e. The van der Waals surface area contributed by atoms with Crippen LogP contribution in [0.1, 0.15) is 44.0 Å². The average molecular weight is 489 g/mol. The lowest BCUT2D eigenvalue weighted by Crippen LogP contribution is -2.42. The summed E-state index contributed by atoms with van der Waals surface area (Å²) < 4.78 is 11.8. The molecule has 0 radical (unpaired) electrons. The molecule has 7 heteroatoms. The predicted molar refractivity (Wildman–Crippen MR) is 140 cm³/mol. The summed E-state index contributed by atoms with van der Waals surface area (Å²) in [6.07, 6.45) is 1.53. The Labute approximate surface area is 211 Å². The number of anilines is 1. The summed E-state index contributed by atoms with van der Waals surface area (Å²) in [5, 5.41) is 12.6. The van der Waals surface area contributed by atoms with Gasteiger partial charge in [0.05, 0.1) is 17.3 Å². The van der Waals surface area contributed by atoms with Crippen molar-refractivity contribution in [1.82, 2.24) is 4.90 Å². The zero-order valence-corrected chi connectivity index (χ0v) is 20.9. The number of carbonyl (C=O) groups is 2. The van der Waals surface area contributed by atoms with Gasteiger partial charge in [0.1, 0.15) is 11.4 Å². The first kappa shape index (κ1) is 25.1. The highest BCUT2D eigenvalue weighted by Crippen LogP contribution is 2.35. The van der Waals surface area contributed by atoms with E-state index in [0.717, 1.165) is 29.7 Å².